The summed E-state index contributed by atoms with van der Waals surface area (Å²) < 4.78 is 24.4. The number of nitrogens with one attached hydrogen (secondary N) is 1. The minimum absolute atomic E-state index is 0.0374. The Labute approximate surface area is 61.4 Å². The molecule has 1 radical (unpaired) electrons. The first kappa shape index (κ1) is 9.87. The van der Waals surface area contributed by atoms with Gasteiger partial charge in [-0.15, -0.1) is 0 Å². The van der Waals surface area contributed by atoms with Crippen molar-refractivity contribution in [2.24, 2.45) is 0 Å². The third kappa shape index (κ3) is 4.72. The van der Waals surface area contributed by atoms with Crippen LogP contribution < -0.4 is 5.90 Å². The third-order valence-electron chi connectivity index (χ3n) is 1.12. The van der Waals surface area contributed by atoms with Gasteiger partial charge in [-0.05, 0) is 6.42 Å². The molecule has 0 aromatic rings. The summed E-state index contributed by atoms with van der Waals surface area (Å²) in [6.07, 6.45) is 2.41. The molecule has 0 fully saturated rings. The molecule has 0 heterocycles. The quantitative estimate of drug-likeness (QED) is 0.446. The van der Waals surface area contributed by atoms with Crippen LogP contribution in [0.25, 0.3) is 0 Å². The van der Waals surface area contributed by atoms with E-state index in [1.807, 2.05) is 6.92 Å². The molecule has 1 N–H and O–H groups in total. The highest BCUT2D eigenvalue weighted by Gasteiger charge is 2.07. The van der Waals surface area contributed by atoms with Gasteiger partial charge in [-0.25, -0.2) is 0 Å². The molecule has 5 heteroatoms. The van der Waals surface area contributed by atoms with Crippen molar-refractivity contribution >= 4 is 10.1 Å². The average molecular weight is 166 g/mol. The van der Waals surface area contributed by atoms with E-state index in [1.54, 1.807) is 0 Å². The van der Waals surface area contributed by atoms with Gasteiger partial charge in [0.25, 0.3) is 10.1 Å². The minimum atomic E-state index is -3.53. The first-order valence-corrected chi connectivity index (χ1v) is 4.78. The highest BCUT2D eigenvalue weighted by molar-refractivity contribution is 7.86. The second-order valence-electron chi connectivity index (χ2n) is 2.05. The lowest BCUT2D eigenvalue weighted by Gasteiger charge is -1.96. The fraction of sp³-hybridized carbons (Fsp3) is 1.00. The topological polar surface area (TPSA) is 67.2 Å². The van der Waals surface area contributed by atoms with Gasteiger partial charge in [0.15, 0.2) is 0 Å². The standard InChI is InChI=1S/C5H12NO3S/c1-2-3-4-5-10(7,8)9-6/h6H,2-5H2,1H3. The second-order valence-corrected chi connectivity index (χ2v) is 3.74. The SMILES string of the molecule is CCCCCS(=O)(=O)O[NH]. The van der Waals surface area contributed by atoms with Crippen LogP contribution in [0.15, 0.2) is 0 Å². The molecule has 0 rings (SSSR count). The van der Waals surface area contributed by atoms with Crippen LogP contribution in [0.1, 0.15) is 26.2 Å². The third-order valence-corrected chi connectivity index (χ3v) is 2.17. The molecule has 0 bridgehead atoms. The molecule has 0 amide bonds. The van der Waals surface area contributed by atoms with Crippen molar-refractivity contribution in [2.45, 2.75) is 26.2 Å². The predicted octanol–water partition coefficient (Wildman–Crippen LogP) is 0.721. The van der Waals surface area contributed by atoms with E-state index in [4.69, 9.17) is 5.90 Å². The summed E-state index contributed by atoms with van der Waals surface area (Å²) in [7, 11) is -3.53. The Morgan fingerprint density at radius 2 is 2.00 bits per heavy atom. The van der Waals surface area contributed by atoms with Gasteiger partial charge >= 0.3 is 0 Å². The van der Waals surface area contributed by atoms with Crippen molar-refractivity contribution in [3.63, 3.8) is 0 Å². The van der Waals surface area contributed by atoms with E-state index in [2.05, 4.69) is 4.28 Å². The van der Waals surface area contributed by atoms with Gasteiger partial charge in [0.2, 0.25) is 0 Å². The molecule has 0 aliphatic heterocycles. The summed E-state index contributed by atoms with van der Waals surface area (Å²) >= 11 is 0. The van der Waals surface area contributed by atoms with Crippen LogP contribution in [-0.4, -0.2) is 14.2 Å². The minimum Gasteiger partial charge on any atom is -0.198 e. The molecular formula is C5H12NO3S. The number of unbranched alkanes of at least 4 members (excludes halogenated alkanes) is 2. The normalized spacial score (nSPS) is 11.8. The number of rotatable bonds is 5. The lowest BCUT2D eigenvalue weighted by molar-refractivity contribution is 0.309. The fourth-order valence-electron chi connectivity index (χ4n) is 0.571. The van der Waals surface area contributed by atoms with Crippen LogP contribution in [-0.2, 0) is 14.4 Å². The largest absolute Gasteiger partial charge is 0.284 e. The van der Waals surface area contributed by atoms with E-state index in [0.29, 0.717) is 6.42 Å². The lowest BCUT2D eigenvalue weighted by atomic mass is 10.3. The monoisotopic (exact) mass is 166 g/mol. The van der Waals surface area contributed by atoms with Crippen LogP contribution in [0.4, 0.5) is 0 Å². The van der Waals surface area contributed by atoms with Crippen LogP contribution in [0, 0.1) is 0 Å². The van der Waals surface area contributed by atoms with Crippen LogP contribution in [0.3, 0.4) is 0 Å². The highest BCUT2D eigenvalue weighted by Crippen LogP contribution is 1.98. The van der Waals surface area contributed by atoms with E-state index in [1.165, 1.54) is 0 Å². The van der Waals surface area contributed by atoms with Gasteiger partial charge in [-0.1, -0.05) is 25.7 Å². The maximum absolute atomic E-state index is 10.5. The summed E-state index contributed by atoms with van der Waals surface area (Å²) in [5, 5.41) is 0. The van der Waals surface area contributed by atoms with E-state index < -0.39 is 10.1 Å². The Hall–Kier alpha value is -0.130. The Bertz CT molecular complexity index is 164. The van der Waals surface area contributed by atoms with E-state index in [0.717, 1.165) is 12.8 Å². The van der Waals surface area contributed by atoms with E-state index in [-0.39, 0.29) is 5.75 Å². The molecule has 0 aliphatic carbocycles. The molecule has 4 nitrogen and oxygen atoms in total. The summed E-state index contributed by atoms with van der Waals surface area (Å²) in [5.41, 5.74) is 0. The van der Waals surface area contributed by atoms with Crippen LogP contribution in [0.5, 0.6) is 0 Å². The molecule has 0 aromatic carbocycles. The zero-order chi connectivity index (χ0) is 8.04. The summed E-state index contributed by atoms with van der Waals surface area (Å²) in [4.78, 5) is 0. The lowest BCUT2D eigenvalue weighted by Crippen LogP contribution is -2.08. The van der Waals surface area contributed by atoms with Crippen LogP contribution in [0.2, 0.25) is 0 Å². The molecule has 0 saturated carbocycles. The molecule has 0 atom stereocenters. The molecule has 10 heavy (non-hydrogen) atoms. The molecule has 0 saturated heterocycles. The van der Waals surface area contributed by atoms with E-state index >= 15 is 0 Å². The van der Waals surface area contributed by atoms with Crippen molar-refractivity contribution in [2.75, 3.05) is 5.75 Å². The Morgan fingerprint density at radius 3 is 2.40 bits per heavy atom. The molecule has 0 aliphatic rings. The Kier molecular flexibility index (Phi) is 4.59. The van der Waals surface area contributed by atoms with Gasteiger partial charge < -0.3 is 0 Å². The molecule has 0 unspecified atom stereocenters. The Morgan fingerprint density at radius 1 is 1.40 bits per heavy atom. The second kappa shape index (κ2) is 4.65. The smallest absolute Gasteiger partial charge is 0.198 e. The summed E-state index contributed by atoms with van der Waals surface area (Å²) in [6, 6.07) is 0. The number of hydrogen-bond acceptors (Lipinski definition) is 3. The van der Waals surface area contributed by atoms with Gasteiger partial charge in [0.05, 0.1) is 5.75 Å². The zero-order valence-corrected chi connectivity index (χ0v) is 6.78. The van der Waals surface area contributed by atoms with Crippen molar-refractivity contribution < 1.29 is 12.7 Å². The van der Waals surface area contributed by atoms with Crippen molar-refractivity contribution in [3.8, 4) is 0 Å². The molecule has 0 spiro atoms. The molecule has 0 aromatic heterocycles. The van der Waals surface area contributed by atoms with E-state index in [9.17, 15) is 8.42 Å². The molecule has 61 valence electrons. The van der Waals surface area contributed by atoms with Crippen molar-refractivity contribution in [1.82, 2.24) is 5.90 Å². The highest BCUT2D eigenvalue weighted by atomic mass is 32.2. The van der Waals surface area contributed by atoms with Gasteiger partial charge in [0.1, 0.15) is 0 Å². The van der Waals surface area contributed by atoms with Crippen molar-refractivity contribution in [1.29, 1.82) is 0 Å². The number of hydrogen-bond donors (Lipinski definition) is 0. The van der Waals surface area contributed by atoms with Crippen molar-refractivity contribution in [3.05, 3.63) is 0 Å². The van der Waals surface area contributed by atoms with Gasteiger partial charge in [0, 0.05) is 0 Å². The maximum atomic E-state index is 10.5. The first-order valence-electron chi connectivity index (χ1n) is 3.20. The molecular weight excluding hydrogens is 154 g/mol. The van der Waals surface area contributed by atoms with Crippen LogP contribution >= 0.6 is 0 Å². The average Bonchev–Trinajstić information content (AvgIpc) is 1.89. The first-order chi connectivity index (χ1) is 4.62. The zero-order valence-electron chi connectivity index (χ0n) is 5.96. The summed E-state index contributed by atoms with van der Waals surface area (Å²) in [5.74, 6) is 6.12. The maximum Gasteiger partial charge on any atom is 0.284 e. The van der Waals surface area contributed by atoms with Gasteiger partial charge in [-0.2, -0.15) is 12.7 Å². The fourth-order valence-corrected chi connectivity index (χ4v) is 1.21. The summed E-state index contributed by atoms with van der Waals surface area (Å²) in [6.45, 7) is 1.98. The Balaban J connectivity index is 3.49. The predicted molar refractivity (Wildman–Crippen MR) is 37.5 cm³/mol. The van der Waals surface area contributed by atoms with Gasteiger partial charge in [-0.3, -0.25) is 0 Å².